The van der Waals surface area contributed by atoms with Crippen molar-refractivity contribution in [2.45, 2.75) is 57.4 Å². The number of carboxylic acids is 1. The second kappa shape index (κ2) is 5.67. The highest BCUT2D eigenvalue weighted by atomic mass is 16.4. The Hall–Kier alpha value is -0.570. The molecule has 0 aliphatic heterocycles. The maximum absolute atomic E-state index is 11.5. The highest BCUT2D eigenvalue weighted by Gasteiger charge is 2.41. The van der Waals surface area contributed by atoms with E-state index in [0.29, 0.717) is 0 Å². The first-order valence-corrected chi connectivity index (χ1v) is 6.43. The number of hydrogen-bond donors (Lipinski definition) is 1. The Labute approximate surface area is 98.8 Å². The van der Waals surface area contributed by atoms with Crippen LogP contribution in [0.25, 0.3) is 0 Å². The molecule has 0 amide bonds. The van der Waals surface area contributed by atoms with Crippen molar-refractivity contribution < 1.29 is 9.90 Å². The van der Waals surface area contributed by atoms with E-state index in [9.17, 15) is 9.90 Å². The molecule has 0 aromatic carbocycles. The van der Waals surface area contributed by atoms with E-state index < -0.39 is 11.5 Å². The average molecular weight is 227 g/mol. The van der Waals surface area contributed by atoms with Crippen LogP contribution in [-0.2, 0) is 4.79 Å². The summed E-state index contributed by atoms with van der Waals surface area (Å²) < 4.78 is 0. The molecule has 0 bridgehead atoms. The van der Waals surface area contributed by atoms with Gasteiger partial charge in [-0.05, 0) is 39.3 Å². The van der Waals surface area contributed by atoms with Crippen LogP contribution in [-0.4, -0.2) is 35.6 Å². The molecule has 16 heavy (non-hydrogen) atoms. The average Bonchev–Trinajstić information content (AvgIpc) is 2.41. The Morgan fingerprint density at radius 1 is 1.38 bits per heavy atom. The van der Waals surface area contributed by atoms with Gasteiger partial charge in [0.25, 0.3) is 0 Å². The third kappa shape index (κ3) is 2.76. The van der Waals surface area contributed by atoms with E-state index in [0.717, 1.165) is 31.6 Å². The lowest BCUT2D eigenvalue weighted by atomic mass is 9.88. The van der Waals surface area contributed by atoms with Crippen LogP contribution >= 0.6 is 0 Å². The smallest absolute Gasteiger partial charge is 0.324 e. The molecule has 3 nitrogen and oxygen atoms in total. The Morgan fingerprint density at radius 3 is 2.56 bits per heavy atom. The molecule has 1 aliphatic carbocycles. The van der Waals surface area contributed by atoms with Crippen molar-refractivity contribution in [1.29, 1.82) is 0 Å². The number of carbonyl (C=O) groups is 1. The molecule has 0 radical (unpaired) electrons. The quantitative estimate of drug-likeness (QED) is 0.751. The van der Waals surface area contributed by atoms with Crippen molar-refractivity contribution in [3.8, 4) is 0 Å². The van der Waals surface area contributed by atoms with Crippen molar-refractivity contribution in [2.75, 3.05) is 14.1 Å². The summed E-state index contributed by atoms with van der Waals surface area (Å²) in [6.07, 6.45) is 7.40. The summed E-state index contributed by atoms with van der Waals surface area (Å²) in [5.74, 6) is 0.0980. The van der Waals surface area contributed by atoms with Crippen molar-refractivity contribution in [3.05, 3.63) is 0 Å². The van der Waals surface area contributed by atoms with Crippen molar-refractivity contribution in [2.24, 2.45) is 5.92 Å². The fourth-order valence-corrected chi connectivity index (χ4v) is 2.94. The van der Waals surface area contributed by atoms with Gasteiger partial charge in [-0.1, -0.05) is 32.6 Å². The summed E-state index contributed by atoms with van der Waals surface area (Å²) >= 11 is 0. The molecule has 1 N–H and O–H groups in total. The van der Waals surface area contributed by atoms with E-state index in [1.165, 1.54) is 19.3 Å². The van der Waals surface area contributed by atoms with Gasteiger partial charge in [0.15, 0.2) is 0 Å². The Kier molecular flexibility index (Phi) is 4.78. The number of hydrogen-bond acceptors (Lipinski definition) is 2. The highest BCUT2D eigenvalue weighted by Crippen LogP contribution is 2.35. The second-order valence-electron chi connectivity index (χ2n) is 5.32. The Morgan fingerprint density at radius 2 is 2.06 bits per heavy atom. The third-order valence-corrected chi connectivity index (χ3v) is 4.12. The predicted molar refractivity (Wildman–Crippen MR) is 65.5 cm³/mol. The molecule has 0 aromatic heterocycles. The predicted octanol–water partition coefficient (Wildman–Crippen LogP) is 2.75. The zero-order valence-electron chi connectivity index (χ0n) is 10.8. The van der Waals surface area contributed by atoms with Crippen LogP contribution < -0.4 is 0 Å². The molecule has 1 fully saturated rings. The van der Waals surface area contributed by atoms with Crippen LogP contribution in [0, 0.1) is 5.92 Å². The number of nitrogens with zero attached hydrogens (tertiary/aromatic N) is 1. The molecule has 0 heterocycles. The second-order valence-corrected chi connectivity index (χ2v) is 5.32. The molecule has 2 unspecified atom stereocenters. The molecule has 3 heteroatoms. The zero-order chi connectivity index (χ0) is 12.2. The van der Waals surface area contributed by atoms with Crippen LogP contribution in [0.15, 0.2) is 0 Å². The molecule has 1 rings (SSSR count). The van der Waals surface area contributed by atoms with Gasteiger partial charge in [0.05, 0.1) is 0 Å². The summed E-state index contributed by atoms with van der Waals surface area (Å²) in [7, 11) is 3.79. The molecule has 0 saturated heterocycles. The molecule has 0 aromatic rings. The van der Waals surface area contributed by atoms with Gasteiger partial charge in [0, 0.05) is 0 Å². The maximum atomic E-state index is 11.5. The van der Waals surface area contributed by atoms with Gasteiger partial charge in [-0.2, -0.15) is 0 Å². The van der Waals surface area contributed by atoms with E-state index in [-0.39, 0.29) is 0 Å². The number of likely N-dealkylation sites (N-methyl/N-ethyl adjacent to an activating group) is 1. The lowest BCUT2D eigenvalue weighted by Gasteiger charge is -2.35. The van der Waals surface area contributed by atoms with E-state index >= 15 is 0 Å². The fourth-order valence-electron chi connectivity index (χ4n) is 2.94. The minimum absolute atomic E-state index is 0.609. The van der Waals surface area contributed by atoms with E-state index in [1.807, 2.05) is 19.0 Å². The standard InChI is InChI=1S/C13H25NO2/c1-4-6-11-7-5-9-13(10-8-11,12(15)16)14(2)3/h11H,4-10H2,1-3H3,(H,15,16). The van der Waals surface area contributed by atoms with Crippen LogP contribution in [0.5, 0.6) is 0 Å². The molecule has 0 spiro atoms. The molecule has 94 valence electrons. The molecular weight excluding hydrogens is 202 g/mol. The SMILES string of the molecule is CCCC1CCCC(C(=O)O)(N(C)C)CC1. The van der Waals surface area contributed by atoms with Gasteiger partial charge in [0.1, 0.15) is 5.54 Å². The Balaban J connectivity index is 2.71. The summed E-state index contributed by atoms with van der Waals surface area (Å²) in [4.78, 5) is 13.4. The fraction of sp³-hybridized carbons (Fsp3) is 0.923. The normalized spacial score (nSPS) is 31.4. The first-order chi connectivity index (χ1) is 7.53. The summed E-state index contributed by atoms with van der Waals surface area (Å²) in [6, 6.07) is 0. The monoisotopic (exact) mass is 227 g/mol. The molecule has 2 atom stereocenters. The molecular formula is C13H25NO2. The lowest BCUT2D eigenvalue weighted by Crippen LogP contribution is -2.50. The van der Waals surface area contributed by atoms with Crippen LogP contribution in [0.3, 0.4) is 0 Å². The first-order valence-electron chi connectivity index (χ1n) is 6.43. The van der Waals surface area contributed by atoms with Crippen LogP contribution in [0.2, 0.25) is 0 Å². The molecule has 1 aliphatic rings. The largest absolute Gasteiger partial charge is 0.480 e. The lowest BCUT2D eigenvalue weighted by molar-refractivity contribution is -0.151. The number of aliphatic carboxylic acids is 1. The van der Waals surface area contributed by atoms with Gasteiger partial charge in [0.2, 0.25) is 0 Å². The zero-order valence-corrected chi connectivity index (χ0v) is 10.8. The van der Waals surface area contributed by atoms with Gasteiger partial charge < -0.3 is 5.11 Å². The van der Waals surface area contributed by atoms with Gasteiger partial charge in [-0.15, -0.1) is 0 Å². The van der Waals surface area contributed by atoms with Gasteiger partial charge in [-0.25, -0.2) is 0 Å². The van der Waals surface area contributed by atoms with Crippen molar-refractivity contribution >= 4 is 5.97 Å². The topological polar surface area (TPSA) is 40.5 Å². The van der Waals surface area contributed by atoms with Crippen LogP contribution in [0.4, 0.5) is 0 Å². The number of carboxylic acid groups (broad SMARTS) is 1. The maximum Gasteiger partial charge on any atom is 0.324 e. The first kappa shape index (κ1) is 13.5. The van der Waals surface area contributed by atoms with E-state index in [1.54, 1.807) is 0 Å². The summed E-state index contributed by atoms with van der Waals surface area (Å²) in [6.45, 7) is 2.21. The third-order valence-electron chi connectivity index (χ3n) is 4.12. The number of rotatable bonds is 4. The van der Waals surface area contributed by atoms with Crippen LogP contribution in [0.1, 0.15) is 51.9 Å². The van der Waals surface area contributed by atoms with E-state index in [4.69, 9.17) is 0 Å². The Bertz CT molecular complexity index is 240. The van der Waals surface area contributed by atoms with E-state index in [2.05, 4.69) is 6.92 Å². The minimum Gasteiger partial charge on any atom is -0.480 e. The highest BCUT2D eigenvalue weighted by molar-refractivity contribution is 5.78. The minimum atomic E-state index is -0.644. The van der Waals surface area contributed by atoms with Crippen molar-refractivity contribution in [3.63, 3.8) is 0 Å². The van der Waals surface area contributed by atoms with Gasteiger partial charge in [-0.3, -0.25) is 9.69 Å². The van der Waals surface area contributed by atoms with Crippen molar-refractivity contribution in [1.82, 2.24) is 4.90 Å². The van der Waals surface area contributed by atoms with Gasteiger partial charge >= 0.3 is 5.97 Å². The summed E-state index contributed by atoms with van der Waals surface area (Å²) in [5, 5.41) is 9.46. The molecule has 1 saturated carbocycles. The summed E-state index contributed by atoms with van der Waals surface area (Å²) in [5.41, 5.74) is -0.609.